The number of carboxylic acid groups (broad SMARTS) is 2. The molecule has 2 N–H and O–H groups in total. The molecule has 1 aliphatic heterocycles. The van der Waals surface area contributed by atoms with E-state index in [2.05, 4.69) is 4.99 Å². The van der Waals surface area contributed by atoms with Crippen LogP contribution in [0.3, 0.4) is 0 Å². The second-order valence-corrected chi connectivity index (χ2v) is 5.53. The molecule has 0 saturated heterocycles. The van der Waals surface area contributed by atoms with Gasteiger partial charge in [-0.3, -0.25) is 0 Å². The quantitative estimate of drug-likeness (QED) is 0.759. The predicted octanol–water partition coefficient (Wildman–Crippen LogP) is 2.91. The standard InChI is InChI=1S/C18H12N2O4/c21-17(22)14-11-6-2-4-8-13(11)20-9-10-5-1-3-7-12(10)19-15(16(14)20)18(23)24/h1-8H,9H2,(H,21,22)(H,23,24). The summed E-state index contributed by atoms with van der Waals surface area (Å²) in [4.78, 5) is 27.9. The highest BCUT2D eigenvalue weighted by Gasteiger charge is 2.31. The Kier molecular flexibility index (Phi) is 2.99. The van der Waals surface area contributed by atoms with Gasteiger partial charge in [-0.1, -0.05) is 36.4 Å². The van der Waals surface area contributed by atoms with E-state index < -0.39 is 11.9 Å². The first-order valence-electron chi connectivity index (χ1n) is 7.32. The van der Waals surface area contributed by atoms with E-state index in [9.17, 15) is 19.8 Å². The lowest BCUT2D eigenvalue weighted by molar-refractivity contribution is -0.129. The van der Waals surface area contributed by atoms with Gasteiger partial charge in [-0.05, 0) is 17.7 Å². The molecular weight excluding hydrogens is 308 g/mol. The van der Waals surface area contributed by atoms with Gasteiger partial charge in [0.15, 0.2) is 5.71 Å². The van der Waals surface area contributed by atoms with Crippen LogP contribution < -0.4 is 0 Å². The number of nitrogens with zero attached hydrogens (tertiary/aromatic N) is 2. The van der Waals surface area contributed by atoms with E-state index in [1.165, 1.54) is 0 Å². The van der Waals surface area contributed by atoms with Crippen molar-refractivity contribution < 1.29 is 19.8 Å². The molecule has 0 fully saturated rings. The average molecular weight is 320 g/mol. The molecule has 24 heavy (non-hydrogen) atoms. The number of aliphatic imine (C=N–C) groups is 1. The number of aliphatic carboxylic acids is 1. The van der Waals surface area contributed by atoms with Gasteiger partial charge in [0.25, 0.3) is 0 Å². The first-order valence-corrected chi connectivity index (χ1v) is 7.32. The molecular formula is C18H12N2O4. The van der Waals surface area contributed by atoms with E-state index in [1.807, 2.05) is 12.1 Å². The molecule has 118 valence electrons. The van der Waals surface area contributed by atoms with Crippen molar-refractivity contribution >= 4 is 34.2 Å². The molecule has 0 aliphatic carbocycles. The lowest BCUT2D eigenvalue weighted by Crippen LogP contribution is -2.20. The number of hydrogen-bond donors (Lipinski definition) is 2. The Hall–Kier alpha value is -3.41. The first-order chi connectivity index (χ1) is 11.6. The maximum atomic E-state index is 11.8. The fourth-order valence-corrected chi connectivity index (χ4v) is 3.18. The molecule has 1 aliphatic rings. The van der Waals surface area contributed by atoms with E-state index in [-0.39, 0.29) is 17.0 Å². The van der Waals surface area contributed by atoms with Gasteiger partial charge >= 0.3 is 11.9 Å². The minimum Gasteiger partial charge on any atom is -0.478 e. The number of carbonyl (C=O) groups is 2. The zero-order valence-electron chi connectivity index (χ0n) is 12.4. The molecule has 0 unspecified atom stereocenters. The number of aromatic carboxylic acids is 1. The molecule has 6 heteroatoms. The Morgan fingerprint density at radius 2 is 1.67 bits per heavy atom. The van der Waals surface area contributed by atoms with Crippen LogP contribution >= 0.6 is 0 Å². The summed E-state index contributed by atoms with van der Waals surface area (Å²) in [6.45, 7) is 0.361. The number of aromatic nitrogens is 1. The van der Waals surface area contributed by atoms with Crippen molar-refractivity contribution in [3.8, 4) is 0 Å². The lowest BCUT2D eigenvalue weighted by Gasteiger charge is -2.08. The molecule has 0 radical (unpaired) electrons. The Morgan fingerprint density at radius 1 is 0.958 bits per heavy atom. The molecule has 2 heterocycles. The molecule has 0 bridgehead atoms. The van der Waals surface area contributed by atoms with E-state index >= 15 is 0 Å². The molecule has 0 spiro atoms. The van der Waals surface area contributed by atoms with Crippen molar-refractivity contribution in [1.82, 2.24) is 4.57 Å². The zero-order chi connectivity index (χ0) is 16.8. The molecule has 6 nitrogen and oxygen atoms in total. The van der Waals surface area contributed by atoms with E-state index in [4.69, 9.17) is 0 Å². The Balaban J connectivity index is 2.18. The number of para-hydroxylation sites is 2. The Morgan fingerprint density at radius 3 is 2.42 bits per heavy atom. The average Bonchev–Trinajstić information content (AvgIpc) is 2.77. The number of hydrogen-bond acceptors (Lipinski definition) is 3. The predicted molar refractivity (Wildman–Crippen MR) is 88.3 cm³/mol. The fourth-order valence-electron chi connectivity index (χ4n) is 3.18. The minimum atomic E-state index is -1.25. The highest BCUT2D eigenvalue weighted by Crippen LogP contribution is 2.33. The van der Waals surface area contributed by atoms with E-state index in [1.54, 1.807) is 41.0 Å². The number of benzene rings is 2. The number of carboxylic acids is 2. The lowest BCUT2D eigenvalue weighted by atomic mass is 10.1. The first kappa shape index (κ1) is 14.2. The summed E-state index contributed by atoms with van der Waals surface area (Å²) in [7, 11) is 0. The van der Waals surface area contributed by atoms with Crippen molar-refractivity contribution in [2.75, 3.05) is 0 Å². The summed E-state index contributed by atoms with van der Waals surface area (Å²) in [5, 5.41) is 19.8. The van der Waals surface area contributed by atoms with Crippen LogP contribution in [0, 0.1) is 0 Å². The van der Waals surface area contributed by atoms with Crippen molar-refractivity contribution in [2.45, 2.75) is 6.54 Å². The zero-order valence-corrected chi connectivity index (χ0v) is 12.4. The van der Waals surface area contributed by atoms with Crippen molar-refractivity contribution in [3.63, 3.8) is 0 Å². The van der Waals surface area contributed by atoms with Crippen LogP contribution in [0.1, 0.15) is 21.6 Å². The molecule has 0 saturated carbocycles. The van der Waals surface area contributed by atoms with Crippen molar-refractivity contribution in [3.05, 3.63) is 65.4 Å². The van der Waals surface area contributed by atoms with Gasteiger partial charge < -0.3 is 14.8 Å². The highest BCUT2D eigenvalue weighted by molar-refractivity contribution is 6.44. The summed E-state index contributed by atoms with van der Waals surface area (Å²) < 4.78 is 1.72. The third-order valence-electron chi connectivity index (χ3n) is 4.16. The SMILES string of the molecule is O=C(O)C1=Nc2ccccc2Cn2c1c(C(=O)O)c1ccccc12. The maximum absolute atomic E-state index is 11.8. The molecule has 0 amide bonds. The Bertz CT molecular complexity index is 1050. The third-order valence-corrected chi connectivity index (χ3v) is 4.16. The van der Waals surface area contributed by atoms with Crippen LogP contribution in [0.25, 0.3) is 10.9 Å². The normalized spacial score (nSPS) is 12.9. The summed E-state index contributed by atoms with van der Waals surface area (Å²) in [5.41, 5.74) is 1.91. The van der Waals surface area contributed by atoms with Gasteiger partial charge in [0, 0.05) is 10.9 Å². The van der Waals surface area contributed by atoms with Crippen molar-refractivity contribution in [2.24, 2.45) is 4.99 Å². The molecule has 1 aromatic heterocycles. The van der Waals surface area contributed by atoms with Gasteiger partial charge in [-0.25, -0.2) is 14.6 Å². The van der Waals surface area contributed by atoms with Gasteiger partial charge in [-0.15, -0.1) is 0 Å². The minimum absolute atomic E-state index is 0.0282. The number of rotatable bonds is 2. The van der Waals surface area contributed by atoms with Crippen molar-refractivity contribution in [1.29, 1.82) is 0 Å². The molecule has 3 aromatic rings. The topological polar surface area (TPSA) is 91.9 Å². The largest absolute Gasteiger partial charge is 0.478 e. The Labute approximate surface area is 136 Å². The third kappa shape index (κ3) is 1.93. The van der Waals surface area contributed by atoms with Gasteiger partial charge in [-0.2, -0.15) is 0 Å². The second kappa shape index (κ2) is 5.06. The summed E-state index contributed by atoms with van der Waals surface area (Å²) in [5.74, 6) is -2.42. The van der Waals surface area contributed by atoms with Crippen LogP contribution in [-0.4, -0.2) is 32.4 Å². The summed E-state index contributed by atoms with van der Waals surface area (Å²) in [6.07, 6.45) is 0. The van der Waals surface area contributed by atoms with Crippen LogP contribution in [0.5, 0.6) is 0 Å². The van der Waals surface area contributed by atoms with E-state index in [0.717, 1.165) is 5.56 Å². The molecule has 2 aromatic carbocycles. The summed E-state index contributed by atoms with van der Waals surface area (Å²) in [6, 6.07) is 14.2. The smallest absolute Gasteiger partial charge is 0.356 e. The van der Waals surface area contributed by atoms with Gasteiger partial charge in [0.2, 0.25) is 0 Å². The van der Waals surface area contributed by atoms with Crippen LogP contribution in [0.15, 0.2) is 53.5 Å². The van der Waals surface area contributed by atoms with Crippen LogP contribution in [-0.2, 0) is 11.3 Å². The number of fused-ring (bicyclic) bond motifs is 4. The fraction of sp³-hybridized carbons (Fsp3) is 0.0556. The van der Waals surface area contributed by atoms with E-state index in [0.29, 0.717) is 23.1 Å². The monoisotopic (exact) mass is 320 g/mol. The molecule has 0 atom stereocenters. The van der Waals surface area contributed by atoms with Crippen LogP contribution in [0.4, 0.5) is 5.69 Å². The van der Waals surface area contributed by atoms with Gasteiger partial charge in [0.05, 0.1) is 23.5 Å². The summed E-state index contributed by atoms with van der Waals surface area (Å²) >= 11 is 0. The van der Waals surface area contributed by atoms with Crippen LogP contribution in [0.2, 0.25) is 0 Å². The van der Waals surface area contributed by atoms with Gasteiger partial charge in [0.1, 0.15) is 0 Å². The molecule has 4 rings (SSSR count). The second-order valence-electron chi connectivity index (χ2n) is 5.53. The maximum Gasteiger partial charge on any atom is 0.356 e. The highest BCUT2D eigenvalue weighted by atomic mass is 16.4.